The van der Waals surface area contributed by atoms with Crippen LogP contribution in [0.25, 0.3) is 16.9 Å². The molecule has 1 N–H and O–H groups in total. The second-order valence-corrected chi connectivity index (χ2v) is 9.09. The number of Topliss-reactive ketones (excluding diaryl/α,β-unsaturated/α-hetero) is 1. The third-order valence-electron chi connectivity index (χ3n) is 6.41. The number of hydrogen-bond donors (Lipinski definition) is 1. The van der Waals surface area contributed by atoms with Crippen LogP contribution in [0.1, 0.15) is 43.8 Å². The highest BCUT2D eigenvalue weighted by atomic mass is 16.1. The van der Waals surface area contributed by atoms with E-state index in [0.717, 1.165) is 58.5 Å². The van der Waals surface area contributed by atoms with Crippen molar-refractivity contribution >= 4 is 17.3 Å². The van der Waals surface area contributed by atoms with Crippen LogP contribution >= 0.6 is 0 Å². The summed E-state index contributed by atoms with van der Waals surface area (Å²) in [6.45, 7) is 1.43. The Bertz CT molecular complexity index is 1370. The van der Waals surface area contributed by atoms with Crippen LogP contribution in [-0.4, -0.2) is 53.2 Å². The Kier molecular flexibility index (Phi) is 5.99. The van der Waals surface area contributed by atoms with E-state index in [1.54, 1.807) is 0 Å². The van der Waals surface area contributed by atoms with Gasteiger partial charge < -0.3 is 10.2 Å². The van der Waals surface area contributed by atoms with Crippen molar-refractivity contribution in [3.63, 3.8) is 0 Å². The molecule has 34 heavy (non-hydrogen) atoms. The topological polar surface area (TPSA) is 66.7 Å². The Balaban J connectivity index is 1.35. The zero-order valence-corrected chi connectivity index (χ0v) is 19.5. The fourth-order valence-corrected chi connectivity index (χ4v) is 4.55. The Morgan fingerprint density at radius 2 is 1.88 bits per heavy atom. The van der Waals surface area contributed by atoms with Gasteiger partial charge in [0.05, 0.1) is 5.69 Å². The minimum Gasteiger partial charge on any atom is -0.351 e. The van der Waals surface area contributed by atoms with Gasteiger partial charge in [0.15, 0.2) is 5.78 Å². The number of imidazole rings is 1. The lowest BCUT2D eigenvalue weighted by molar-refractivity contribution is 0.0949. The molecule has 6 nitrogen and oxygen atoms in total. The van der Waals surface area contributed by atoms with E-state index < -0.39 is 0 Å². The lowest BCUT2D eigenvalue weighted by atomic mass is 10.0. The highest BCUT2D eigenvalue weighted by molar-refractivity contribution is 6.01. The summed E-state index contributed by atoms with van der Waals surface area (Å²) in [6, 6.07) is 18.1. The van der Waals surface area contributed by atoms with Crippen LogP contribution in [-0.2, 0) is 12.8 Å². The quantitative estimate of drug-likeness (QED) is 0.460. The molecule has 2 aromatic heterocycles. The maximum absolute atomic E-state index is 12.3. The first kappa shape index (κ1) is 22.0. The molecule has 172 valence electrons. The van der Waals surface area contributed by atoms with Crippen molar-refractivity contribution in [2.75, 3.05) is 27.2 Å². The number of nitrogens with one attached hydrogen (secondary N) is 1. The van der Waals surface area contributed by atoms with E-state index in [1.165, 1.54) is 0 Å². The van der Waals surface area contributed by atoms with Crippen LogP contribution in [0.15, 0.2) is 67.0 Å². The second kappa shape index (κ2) is 9.23. The van der Waals surface area contributed by atoms with Gasteiger partial charge >= 0.3 is 0 Å². The van der Waals surface area contributed by atoms with E-state index in [0.29, 0.717) is 18.5 Å². The molecular formula is C28H28N4O2. The molecule has 0 fully saturated rings. The number of fused-ring (bicyclic) bond motifs is 2. The van der Waals surface area contributed by atoms with Gasteiger partial charge in [0.25, 0.3) is 5.91 Å². The van der Waals surface area contributed by atoms with Gasteiger partial charge in [0.2, 0.25) is 0 Å². The number of nitrogens with zero attached hydrogens (tertiary/aromatic N) is 3. The summed E-state index contributed by atoms with van der Waals surface area (Å²) in [5, 5.41) is 2.95. The fraction of sp³-hybridized carbons (Fsp3) is 0.250. The van der Waals surface area contributed by atoms with Crippen LogP contribution in [0.2, 0.25) is 0 Å². The molecule has 0 spiro atoms. The normalized spacial score (nSPS) is 13.0. The second-order valence-electron chi connectivity index (χ2n) is 9.09. The molecule has 1 aliphatic carbocycles. The zero-order chi connectivity index (χ0) is 23.7. The maximum atomic E-state index is 12.3. The fourth-order valence-electron chi connectivity index (χ4n) is 4.55. The number of pyridine rings is 1. The van der Waals surface area contributed by atoms with Gasteiger partial charge in [-0.2, -0.15) is 0 Å². The maximum Gasteiger partial charge on any atom is 0.251 e. The molecular weight excluding hydrogens is 424 g/mol. The van der Waals surface area contributed by atoms with E-state index in [2.05, 4.69) is 32.9 Å². The zero-order valence-electron chi connectivity index (χ0n) is 19.5. The summed E-state index contributed by atoms with van der Waals surface area (Å²) in [4.78, 5) is 31.0. The molecule has 5 rings (SSSR count). The average molecular weight is 453 g/mol. The number of aryl methyl sites for hydroxylation is 1. The molecule has 2 heterocycles. The molecule has 0 saturated heterocycles. The molecule has 1 aliphatic rings. The monoisotopic (exact) mass is 452 g/mol. The minimum atomic E-state index is -0.0514. The molecule has 0 radical (unpaired) electrons. The van der Waals surface area contributed by atoms with Crippen LogP contribution < -0.4 is 5.32 Å². The van der Waals surface area contributed by atoms with Crippen molar-refractivity contribution in [1.29, 1.82) is 0 Å². The third-order valence-corrected chi connectivity index (χ3v) is 6.41. The van der Waals surface area contributed by atoms with Gasteiger partial charge in [0.1, 0.15) is 5.65 Å². The number of hydrogen-bond acceptors (Lipinski definition) is 4. The lowest BCUT2D eigenvalue weighted by Crippen LogP contribution is -2.31. The smallest absolute Gasteiger partial charge is 0.251 e. The van der Waals surface area contributed by atoms with E-state index in [-0.39, 0.29) is 11.7 Å². The Morgan fingerprint density at radius 1 is 1.06 bits per heavy atom. The molecule has 6 heteroatoms. The summed E-state index contributed by atoms with van der Waals surface area (Å²) in [7, 11) is 3.97. The van der Waals surface area contributed by atoms with Crippen molar-refractivity contribution in [1.82, 2.24) is 19.6 Å². The SMILES string of the molecule is CN(C)CCNC(=O)c1ccc(Cc2ccc(-c3ccc4c(c3)CCC4=O)n3ccnc23)cc1. The Hall–Kier alpha value is -3.77. The van der Waals surface area contributed by atoms with E-state index in [4.69, 9.17) is 0 Å². The van der Waals surface area contributed by atoms with Crippen LogP contribution in [0.3, 0.4) is 0 Å². The Labute approximate surface area is 199 Å². The number of carbonyl (C=O) groups excluding carboxylic acids is 2. The van der Waals surface area contributed by atoms with Crippen molar-refractivity contribution in [3.8, 4) is 11.3 Å². The molecule has 2 aromatic carbocycles. The van der Waals surface area contributed by atoms with E-state index in [1.807, 2.05) is 67.8 Å². The number of benzene rings is 2. The summed E-state index contributed by atoms with van der Waals surface area (Å²) < 4.78 is 2.11. The predicted octanol–water partition coefficient (Wildman–Crippen LogP) is 4.01. The van der Waals surface area contributed by atoms with Crippen LogP contribution in [0.4, 0.5) is 0 Å². The van der Waals surface area contributed by atoms with Crippen LogP contribution in [0.5, 0.6) is 0 Å². The van der Waals surface area contributed by atoms with Gasteiger partial charge in [-0.3, -0.25) is 14.0 Å². The first-order chi connectivity index (χ1) is 16.5. The van der Waals surface area contributed by atoms with E-state index in [9.17, 15) is 9.59 Å². The van der Waals surface area contributed by atoms with E-state index >= 15 is 0 Å². The average Bonchev–Trinajstić information content (AvgIpc) is 3.47. The van der Waals surface area contributed by atoms with Gasteiger partial charge in [-0.05, 0) is 67.0 Å². The number of aromatic nitrogens is 2. The highest BCUT2D eigenvalue weighted by Gasteiger charge is 2.20. The molecule has 4 aromatic rings. The van der Waals surface area contributed by atoms with Crippen LogP contribution in [0, 0.1) is 0 Å². The number of amides is 1. The summed E-state index contributed by atoms with van der Waals surface area (Å²) >= 11 is 0. The van der Waals surface area contributed by atoms with Crippen molar-refractivity contribution < 1.29 is 9.59 Å². The molecule has 1 amide bonds. The molecule has 0 saturated carbocycles. The largest absolute Gasteiger partial charge is 0.351 e. The van der Waals surface area contributed by atoms with Crippen molar-refractivity contribution in [2.24, 2.45) is 0 Å². The molecule has 0 aliphatic heterocycles. The number of carbonyl (C=O) groups is 2. The molecule has 0 atom stereocenters. The highest BCUT2D eigenvalue weighted by Crippen LogP contribution is 2.29. The summed E-state index contributed by atoms with van der Waals surface area (Å²) in [5.74, 6) is 0.186. The predicted molar refractivity (Wildman–Crippen MR) is 133 cm³/mol. The van der Waals surface area contributed by atoms with Gasteiger partial charge in [-0.15, -0.1) is 0 Å². The number of likely N-dealkylation sites (N-methyl/N-ethyl adjacent to an activating group) is 1. The van der Waals surface area contributed by atoms with Gasteiger partial charge in [-0.25, -0.2) is 4.98 Å². The summed E-state index contributed by atoms with van der Waals surface area (Å²) in [6.07, 6.45) is 5.95. The standard InChI is InChI=1S/C28H28N4O2/c1-31(2)15-13-30-28(34)20-5-3-19(4-6-20)17-23-8-11-25(32-16-14-29-27(23)32)22-7-10-24-21(18-22)9-12-26(24)33/h3-8,10-11,14,16,18H,9,12-13,15,17H2,1-2H3,(H,30,34). The Morgan fingerprint density at radius 3 is 2.68 bits per heavy atom. The lowest BCUT2D eigenvalue weighted by Gasteiger charge is -2.12. The first-order valence-corrected chi connectivity index (χ1v) is 11.6. The minimum absolute atomic E-state index is 0.0514. The first-order valence-electron chi connectivity index (χ1n) is 11.6. The number of rotatable bonds is 7. The molecule has 0 unspecified atom stereocenters. The molecule has 0 bridgehead atoms. The number of ketones is 1. The van der Waals surface area contributed by atoms with Crippen molar-refractivity contribution in [2.45, 2.75) is 19.3 Å². The van der Waals surface area contributed by atoms with Crippen molar-refractivity contribution in [3.05, 3.63) is 94.8 Å². The van der Waals surface area contributed by atoms with Gasteiger partial charge in [0, 0.05) is 49.5 Å². The third kappa shape index (κ3) is 4.37. The summed E-state index contributed by atoms with van der Waals surface area (Å²) in [5.41, 5.74) is 7.96. The van der Waals surface area contributed by atoms with Gasteiger partial charge in [-0.1, -0.05) is 30.3 Å².